The molecular weight excluding hydrogens is 437 g/mol. The van der Waals surface area contributed by atoms with Crippen LogP contribution < -0.4 is 0 Å². The van der Waals surface area contributed by atoms with E-state index < -0.39 is 40.7 Å². The van der Waals surface area contributed by atoms with Gasteiger partial charge in [0.05, 0.1) is 11.5 Å². The average molecular weight is 454 g/mol. The Hall–Kier alpha value is -3.18. The molecule has 11 heteroatoms. The third kappa shape index (κ3) is 4.94. The van der Waals surface area contributed by atoms with Crippen molar-refractivity contribution in [2.75, 3.05) is 6.26 Å². The largest absolute Gasteiger partial charge is 0.481 e. The lowest BCUT2D eigenvalue weighted by molar-refractivity contribution is -0.141. The number of carboxylic acid groups (broad SMARTS) is 1. The maximum atomic E-state index is 13.0. The molecule has 1 heterocycles. The van der Waals surface area contributed by atoms with Crippen molar-refractivity contribution in [1.29, 1.82) is 0 Å². The third-order valence-electron chi connectivity index (χ3n) is 4.49. The molecule has 0 fully saturated rings. The molecule has 2 N–H and O–H groups in total. The number of carboxylic acids is 1. The zero-order chi connectivity index (χ0) is 23.0. The fourth-order valence-electron chi connectivity index (χ4n) is 3.06. The molecule has 0 radical (unpaired) electrons. The van der Waals surface area contributed by atoms with Gasteiger partial charge in [-0.1, -0.05) is 24.3 Å². The summed E-state index contributed by atoms with van der Waals surface area (Å²) < 4.78 is 64.1. The quantitative estimate of drug-likeness (QED) is 0.593. The highest BCUT2D eigenvalue weighted by molar-refractivity contribution is 7.90. The van der Waals surface area contributed by atoms with E-state index >= 15 is 0 Å². The lowest BCUT2D eigenvalue weighted by atomic mass is 10.0. The number of nitrogens with zero attached hydrogens (tertiary/aromatic N) is 2. The number of aliphatic carboxylic acids is 1. The molecule has 0 saturated carbocycles. The second kappa shape index (κ2) is 8.16. The topological polar surface area (TPSA) is 109 Å². The Labute approximate surface area is 175 Å². The van der Waals surface area contributed by atoms with Gasteiger partial charge in [0, 0.05) is 18.1 Å². The van der Waals surface area contributed by atoms with Crippen LogP contribution in [0.5, 0.6) is 0 Å². The van der Waals surface area contributed by atoms with E-state index in [1.165, 1.54) is 24.3 Å². The van der Waals surface area contributed by atoms with Crippen molar-refractivity contribution in [2.24, 2.45) is 0 Å². The van der Waals surface area contributed by atoms with Gasteiger partial charge < -0.3 is 14.8 Å². The first-order chi connectivity index (χ1) is 14.4. The number of halogens is 3. The van der Waals surface area contributed by atoms with Gasteiger partial charge in [-0.3, -0.25) is 4.79 Å². The van der Waals surface area contributed by atoms with Gasteiger partial charge in [-0.15, -0.1) is 0 Å². The molecule has 0 aliphatic rings. The average Bonchev–Trinajstić information content (AvgIpc) is 3.10. The number of alkyl halides is 3. The highest BCUT2D eigenvalue weighted by Gasteiger charge is 2.35. The zero-order valence-electron chi connectivity index (χ0n) is 16.1. The van der Waals surface area contributed by atoms with E-state index in [-0.39, 0.29) is 22.0 Å². The van der Waals surface area contributed by atoms with E-state index in [1.54, 1.807) is 18.2 Å². The molecule has 164 valence electrons. The molecule has 3 aromatic rings. The molecule has 0 spiro atoms. The normalized spacial score (nSPS) is 12.2. The van der Waals surface area contributed by atoms with Crippen molar-refractivity contribution in [3.63, 3.8) is 0 Å². The van der Waals surface area contributed by atoms with Crippen molar-refractivity contribution in [3.8, 4) is 16.8 Å². The van der Waals surface area contributed by atoms with Gasteiger partial charge in [-0.05, 0) is 34.9 Å². The van der Waals surface area contributed by atoms with Crippen LogP contribution in [0.1, 0.15) is 17.1 Å². The first kappa shape index (κ1) is 22.5. The maximum absolute atomic E-state index is 13.0. The summed E-state index contributed by atoms with van der Waals surface area (Å²) in [5, 5.41) is 18.3. The predicted molar refractivity (Wildman–Crippen MR) is 104 cm³/mol. The minimum Gasteiger partial charge on any atom is -0.481 e. The highest BCUT2D eigenvalue weighted by Crippen LogP contribution is 2.31. The van der Waals surface area contributed by atoms with Crippen molar-refractivity contribution >= 4 is 15.8 Å². The molecule has 3 rings (SSSR count). The predicted octanol–water partition coefficient (Wildman–Crippen LogP) is 3.08. The van der Waals surface area contributed by atoms with Crippen LogP contribution in [0.3, 0.4) is 0 Å². The fraction of sp³-hybridized carbons (Fsp3) is 0.200. The highest BCUT2D eigenvalue weighted by atomic mass is 32.2. The van der Waals surface area contributed by atoms with E-state index in [0.29, 0.717) is 11.1 Å². The van der Waals surface area contributed by atoms with Gasteiger partial charge >= 0.3 is 12.1 Å². The van der Waals surface area contributed by atoms with E-state index in [4.69, 9.17) is 5.11 Å². The molecule has 0 bridgehead atoms. The van der Waals surface area contributed by atoms with Crippen LogP contribution in [0.4, 0.5) is 13.2 Å². The Balaban J connectivity index is 2.03. The molecule has 0 amide bonds. The van der Waals surface area contributed by atoms with Crippen molar-refractivity contribution < 1.29 is 36.6 Å². The Bertz CT molecular complexity index is 1230. The lowest BCUT2D eigenvalue weighted by Crippen LogP contribution is -2.08. The summed E-state index contributed by atoms with van der Waals surface area (Å²) in [4.78, 5) is 14.4. The van der Waals surface area contributed by atoms with Gasteiger partial charge in [0.1, 0.15) is 12.2 Å². The monoisotopic (exact) mass is 454 g/mol. The standard InChI is InChI=1S/C20H17F3N2O5S/c1-31(29,30)16-8-13(2-3-14(16)11-26)12-4-6-15(7-5-12)25-10-17(20(21,22)23)24-18(25)9-19(27)28/h2-8,10,26H,9,11H2,1H3,(H,27,28). The first-order valence-electron chi connectivity index (χ1n) is 8.82. The van der Waals surface area contributed by atoms with Gasteiger partial charge in [-0.2, -0.15) is 13.2 Å². The Morgan fingerprint density at radius 3 is 2.23 bits per heavy atom. The number of hydrogen-bond donors (Lipinski definition) is 2. The van der Waals surface area contributed by atoms with E-state index in [2.05, 4.69) is 4.98 Å². The Morgan fingerprint density at radius 2 is 1.71 bits per heavy atom. The number of carbonyl (C=O) groups is 1. The van der Waals surface area contributed by atoms with Crippen LogP contribution >= 0.6 is 0 Å². The summed E-state index contributed by atoms with van der Waals surface area (Å²) in [6.45, 7) is -0.448. The smallest absolute Gasteiger partial charge is 0.434 e. The van der Waals surface area contributed by atoms with Crippen LogP contribution in [0, 0.1) is 0 Å². The summed E-state index contributed by atoms with van der Waals surface area (Å²) in [5.41, 5.74) is 0.411. The summed E-state index contributed by atoms with van der Waals surface area (Å²) in [7, 11) is -3.59. The Kier molecular flexibility index (Phi) is 5.92. The molecule has 31 heavy (non-hydrogen) atoms. The summed E-state index contributed by atoms with van der Waals surface area (Å²) in [6, 6.07) is 10.6. The molecule has 0 saturated heterocycles. The molecular formula is C20H17F3N2O5S. The summed E-state index contributed by atoms with van der Waals surface area (Å²) in [5.74, 6) is -1.60. The molecule has 7 nitrogen and oxygen atoms in total. The molecule has 0 unspecified atom stereocenters. The number of hydrogen-bond acceptors (Lipinski definition) is 5. The molecule has 0 aliphatic heterocycles. The molecule has 0 atom stereocenters. The van der Waals surface area contributed by atoms with Gasteiger partial charge in [0.15, 0.2) is 15.5 Å². The number of aliphatic hydroxyl groups excluding tert-OH is 1. The number of benzene rings is 2. The SMILES string of the molecule is CS(=O)(=O)c1cc(-c2ccc(-n3cc(C(F)(F)F)nc3CC(=O)O)cc2)ccc1CO. The van der Waals surface area contributed by atoms with Crippen LogP contribution in [-0.4, -0.2) is 40.4 Å². The number of rotatable bonds is 6. The Morgan fingerprint density at radius 1 is 1.10 bits per heavy atom. The van der Waals surface area contributed by atoms with E-state index in [9.17, 15) is 31.5 Å². The lowest BCUT2D eigenvalue weighted by Gasteiger charge is -2.11. The molecule has 2 aromatic carbocycles. The van der Waals surface area contributed by atoms with Crippen molar-refractivity contribution in [2.45, 2.75) is 24.1 Å². The minimum atomic E-state index is -4.73. The van der Waals surface area contributed by atoms with Crippen LogP contribution in [0.15, 0.2) is 53.6 Å². The number of aromatic nitrogens is 2. The van der Waals surface area contributed by atoms with Gasteiger partial charge in [0.2, 0.25) is 0 Å². The second-order valence-electron chi connectivity index (χ2n) is 6.78. The van der Waals surface area contributed by atoms with Crippen LogP contribution in [0.2, 0.25) is 0 Å². The second-order valence-corrected chi connectivity index (χ2v) is 8.76. The van der Waals surface area contributed by atoms with E-state index in [1.807, 2.05) is 0 Å². The van der Waals surface area contributed by atoms with Gasteiger partial charge in [0.25, 0.3) is 0 Å². The van der Waals surface area contributed by atoms with Gasteiger partial charge in [-0.25, -0.2) is 13.4 Å². The molecule has 0 aliphatic carbocycles. The van der Waals surface area contributed by atoms with Crippen molar-refractivity contribution in [3.05, 3.63) is 65.7 Å². The number of imidazole rings is 1. The van der Waals surface area contributed by atoms with Crippen molar-refractivity contribution in [1.82, 2.24) is 9.55 Å². The molecule has 1 aromatic heterocycles. The van der Waals surface area contributed by atoms with Crippen LogP contribution in [-0.2, 0) is 33.8 Å². The summed E-state index contributed by atoms with van der Waals surface area (Å²) in [6.07, 6.45) is -3.67. The first-order valence-corrected chi connectivity index (χ1v) is 10.7. The maximum Gasteiger partial charge on any atom is 0.434 e. The fourth-order valence-corrected chi connectivity index (χ4v) is 4.01. The third-order valence-corrected chi connectivity index (χ3v) is 5.67. The van der Waals surface area contributed by atoms with E-state index in [0.717, 1.165) is 17.0 Å². The van der Waals surface area contributed by atoms with Crippen LogP contribution in [0.25, 0.3) is 16.8 Å². The summed E-state index contributed by atoms with van der Waals surface area (Å²) >= 11 is 0. The number of sulfone groups is 1. The number of aliphatic hydroxyl groups is 1. The zero-order valence-corrected chi connectivity index (χ0v) is 16.9. The minimum absolute atomic E-state index is 0.0234.